The number of imide groups is 1. The van der Waals surface area contributed by atoms with Crippen molar-refractivity contribution in [3.63, 3.8) is 0 Å². The minimum atomic E-state index is -0.511. The van der Waals surface area contributed by atoms with Gasteiger partial charge in [-0.15, -0.1) is 0 Å². The fourth-order valence-corrected chi connectivity index (χ4v) is 4.83. The van der Waals surface area contributed by atoms with E-state index in [1.807, 2.05) is 0 Å². The molecule has 2 bridgehead atoms. The highest BCUT2D eigenvalue weighted by Crippen LogP contribution is 2.65. The molecular weight excluding hydrogens is 269 g/mol. The molecule has 1 aromatic rings. The molecule has 21 heavy (non-hydrogen) atoms. The molecule has 2 saturated carbocycles. The maximum absolute atomic E-state index is 14.0. The van der Waals surface area contributed by atoms with Crippen LogP contribution in [0.3, 0.4) is 0 Å². The lowest BCUT2D eigenvalue weighted by atomic mass is 9.63. The van der Waals surface area contributed by atoms with Crippen LogP contribution < -0.4 is 4.90 Å². The van der Waals surface area contributed by atoms with Crippen LogP contribution in [0.15, 0.2) is 36.4 Å². The molecule has 0 radical (unpaired) electrons. The van der Waals surface area contributed by atoms with Crippen molar-refractivity contribution in [1.29, 1.82) is 0 Å². The van der Waals surface area contributed by atoms with Gasteiger partial charge in [0, 0.05) is 0 Å². The number of hydrogen-bond donors (Lipinski definition) is 0. The molecule has 1 saturated heterocycles. The highest BCUT2D eigenvalue weighted by atomic mass is 19.1. The van der Waals surface area contributed by atoms with Crippen molar-refractivity contribution in [2.75, 3.05) is 4.90 Å². The van der Waals surface area contributed by atoms with Crippen LogP contribution in [-0.4, -0.2) is 11.8 Å². The molecule has 4 aliphatic carbocycles. The second-order valence-corrected chi connectivity index (χ2v) is 6.62. The fourth-order valence-electron chi connectivity index (χ4n) is 4.83. The molecule has 4 heteroatoms. The first-order chi connectivity index (χ1) is 10.2. The van der Waals surface area contributed by atoms with E-state index in [9.17, 15) is 14.0 Å². The minimum Gasteiger partial charge on any atom is -0.274 e. The summed E-state index contributed by atoms with van der Waals surface area (Å²) in [6.07, 6.45) is 5.38. The smallest absolute Gasteiger partial charge is 0.238 e. The van der Waals surface area contributed by atoms with Crippen LogP contribution in [0.4, 0.5) is 10.1 Å². The Balaban J connectivity index is 1.62. The molecule has 2 amide bonds. The SMILES string of the molecule is O=C1[C@@H]2[C@@H]3C=C[C@@H]([C@@H]4C[C@H]34)[C@@H]2C(=O)N1c1ccccc1F. The Labute approximate surface area is 121 Å². The van der Waals surface area contributed by atoms with E-state index >= 15 is 0 Å². The van der Waals surface area contributed by atoms with E-state index in [1.165, 1.54) is 12.1 Å². The molecular formula is C17H14FNO2. The molecule has 6 rings (SSSR count). The number of carbonyl (C=O) groups is 2. The second kappa shape index (κ2) is 3.62. The molecule has 0 N–H and O–H groups in total. The molecule has 5 aliphatic rings. The Kier molecular flexibility index (Phi) is 2.01. The van der Waals surface area contributed by atoms with Gasteiger partial charge in [-0.05, 0) is 42.2 Å². The molecule has 0 spiro atoms. The Morgan fingerprint density at radius 2 is 1.52 bits per heavy atom. The van der Waals surface area contributed by atoms with Crippen molar-refractivity contribution >= 4 is 17.5 Å². The summed E-state index contributed by atoms with van der Waals surface area (Å²) in [4.78, 5) is 26.6. The van der Waals surface area contributed by atoms with E-state index in [0.717, 1.165) is 11.3 Å². The average Bonchev–Trinajstić information content (AvgIpc) is 3.26. The summed E-state index contributed by atoms with van der Waals surface area (Å²) in [6, 6.07) is 6.03. The average molecular weight is 283 g/mol. The van der Waals surface area contributed by atoms with Crippen LogP contribution in [0.25, 0.3) is 0 Å². The highest BCUT2D eigenvalue weighted by molar-refractivity contribution is 6.22. The number of allylic oxidation sites excluding steroid dienone is 2. The summed E-state index contributed by atoms with van der Waals surface area (Å²) >= 11 is 0. The lowest BCUT2D eigenvalue weighted by molar-refractivity contribution is -0.124. The summed E-state index contributed by atoms with van der Waals surface area (Å²) < 4.78 is 14.0. The zero-order valence-electron chi connectivity index (χ0n) is 11.3. The molecule has 0 unspecified atom stereocenters. The molecule has 6 atom stereocenters. The first-order valence-electron chi connectivity index (χ1n) is 7.49. The van der Waals surface area contributed by atoms with Gasteiger partial charge in [-0.25, -0.2) is 9.29 Å². The minimum absolute atomic E-state index is 0.106. The van der Waals surface area contributed by atoms with Crippen molar-refractivity contribution in [2.45, 2.75) is 6.42 Å². The van der Waals surface area contributed by atoms with Crippen LogP contribution in [0.1, 0.15) is 6.42 Å². The third-order valence-corrected chi connectivity index (χ3v) is 5.76. The fraction of sp³-hybridized carbons (Fsp3) is 0.412. The topological polar surface area (TPSA) is 37.4 Å². The van der Waals surface area contributed by atoms with Crippen LogP contribution in [-0.2, 0) is 9.59 Å². The second-order valence-electron chi connectivity index (χ2n) is 6.62. The monoisotopic (exact) mass is 283 g/mol. The molecule has 1 heterocycles. The summed E-state index contributed by atoms with van der Waals surface area (Å²) in [5, 5.41) is 0. The summed E-state index contributed by atoms with van der Waals surface area (Å²) in [7, 11) is 0. The zero-order valence-corrected chi connectivity index (χ0v) is 11.3. The molecule has 1 aromatic carbocycles. The molecule has 1 aliphatic heterocycles. The largest absolute Gasteiger partial charge is 0.274 e. The number of para-hydroxylation sites is 1. The van der Waals surface area contributed by atoms with Gasteiger partial charge in [-0.1, -0.05) is 24.3 Å². The maximum Gasteiger partial charge on any atom is 0.238 e. The van der Waals surface area contributed by atoms with Gasteiger partial charge in [0.1, 0.15) is 5.82 Å². The van der Waals surface area contributed by atoms with Gasteiger partial charge in [0.25, 0.3) is 0 Å². The van der Waals surface area contributed by atoms with Crippen LogP contribution in [0.2, 0.25) is 0 Å². The lowest BCUT2D eigenvalue weighted by Gasteiger charge is -2.37. The van der Waals surface area contributed by atoms with Gasteiger partial charge in [0.15, 0.2) is 0 Å². The first kappa shape index (κ1) is 11.7. The lowest BCUT2D eigenvalue weighted by Crippen LogP contribution is -2.40. The third-order valence-electron chi connectivity index (χ3n) is 5.76. The summed E-state index contributed by atoms with van der Waals surface area (Å²) in [5.74, 6) is 0.0308. The number of anilines is 1. The molecule has 3 fully saturated rings. The van der Waals surface area contributed by atoms with E-state index in [2.05, 4.69) is 12.2 Å². The van der Waals surface area contributed by atoms with Crippen molar-refractivity contribution < 1.29 is 14.0 Å². The number of rotatable bonds is 1. The van der Waals surface area contributed by atoms with Gasteiger partial charge in [0.2, 0.25) is 11.8 Å². The number of hydrogen-bond acceptors (Lipinski definition) is 2. The van der Waals surface area contributed by atoms with E-state index < -0.39 is 5.82 Å². The normalized spacial score (nSPS) is 42.2. The van der Waals surface area contributed by atoms with Crippen molar-refractivity contribution in [1.82, 2.24) is 0 Å². The molecule has 0 aromatic heterocycles. The van der Waals surface area contributed by atoms with E-state index in [0.29, 0.717) is 11.8 Å². The van der Waals surface area contributed by atoms with Gasteiger partial charge in [-0.3, -0.25) is 9.59 Å². The van der Waals surface area contributed by atoms with Gasteiger partial charge < -0.3 is 0 Å². The van der Waals surface area contributed by atoms with E-state index in [4.69, 9.17) is 0 Å². The molecule has 106 valence electrons. The quantitative estimate of drug-likeness (QED) is 0.586. The van der Waals surface area contributed by atoms with Crippen molar-refractivity contribution in [3.8, 4) is 0 Å². The first-order valence-corrected chi connectivity index (χ1v) is 7.49. The van der Waals surface area contributed by atoms with E-state index in [-0.39, 0.29) is 41.2 Å². The Morgan fingerprint density at radius 3 is 2.10 bits per heavy atom. The standard InChI is InChI=1S/C17H14FNO2/c18-12-3-1-2-4-13(12)19-16(20)14-8-5-6-9(11-7-10(8)11)15(14)17(19)21/h1-6,8-11,14-15H,7H2/t8-,9+,10-,11+,14-,15+. The van der Waals surface area contributed by atoms with Gasteiger partial charge >= 0.3 is 0 Å². The summed E-state index contributed by atoms with van der Waals surface area (Å²) in [5.41, 5.74) is 0.106. The van der Waals surface area contributed by atoms with Crippen molar-refractivity contribution in [2.24, 2.45) is 35.5 Å². The predicted octanol–water partition coefficient (Wildman–Crippen LogP) is 2.38. The predicted molar refractivity (Wildman–Crippen MR) is 73.6 cm³/mol. The number of benzene rings is 1. The van der Waals surface area contributed by atoms with Gasteiger partial charge in [-0.2, -0.15) is 0 Å². The Hall–Kier alpha value is -1.97. The third kappa shape index (κ3) is 1.29. The van der Waals surface area contributed by atoms with Crippen LogP contribution >= 0.6 is 0 Å². The van der Waals surface area contributed by atoms with Crippen molar-refractivity contribution in [3.05, 3.63) is 42.2 Å². The van der Waals surface area contributed by atoms with Crippen LogP contribution in [0, 0.1) is 41.3 Å². The number of amides is 2. The highest BCUT2D eigenvalue weighted by Gasteiger charge is 2.67. The number of nitrogens with zero attached hydrogens (tertiary/aromatic N) is 1. The van der Waals surface area contributed by atoms with E-state index in [1.54, 1.807) is 12.1 Å². The Morgan fingerprint density at radius 1 is 0.952 bits per heavy atom. The number of carbonyl (C=O) groups excluding carboxylic acids is 2. The number of halogens is 1. The van der Waals surface area contributed by atoms with Gasteiger partial charge in [0.05, 0.1) is 17.5 Å². The Bertz CT molecular complexity index is 676. The van der Waals surface area contributed by atoms with Crippen LogP contribution in [0.5, 0.6) is 0 Å². The maximum atomic E-state index is 14.0. The zero-order chi connectivity index (χ0) is 14.3. The molecule has 3 nitrogen and oxygen atoms in total. The summed E-state index contributed by atoms with van der Waals surface area (Å²) in [6.45, 7) is 0.